The third-order valence-corrected chi connectivity index (χ3v) is 2.58. The minimum Gasteiger partial charge on any atom is -0.386 e. The fraction of sp³-hybridized carbons (Fsp3) is 0.333. The highest BCUT2D eigenvalue weighted by atomic mass is 79.9. The van der Waals surface area contributed by atoms with Crippen LogP contribution in [0, 0.1) is 6.92 Å². The van der Waals surface area contributed by atoms with Crippen molar-refractivity contribution >= 4 is 15.9 Å². The van der Waals surface area contributed by atoms with Crippen LogP contribution in [-0.4, -0.2) is 11.8 Å². The smallest absolute Gasteiger partial charge is 0.119 e. The van der Waals surface area contributed by atoms with Gasteiger partial charge in [-0.3, -0.25) is 0 Å². The number of halogens is 2. The average Bonchev–Trinajstić information content (AvgIpc) is 2.08. The van der Waals surface area contributed by atoms with Gasteiger partial charge in [-0.2, -0.15) is 0 Å². The average molecular weight is 233 g/mol. The predicted octanol–water partition coefficient (Wildman–Crippen LogP) is 2.76. The van der Waals surface area contributed by atoms with Crippen molar-refractivity contribution in [1.82, 2.24) is 0 Å². The maximum absolute atomic E-state index is 12.0. The molecule has 1 nitrogen and oxygen atoms in total. The van der Waals surface area contributed by atoms with Crippen LogP contribution >= 0.6 is 15.9 Å². The molecule has 1 rings (SSSR count). The molecule has 0 heterocycles. The Hall–Kier alpha value is -0.410. The Morgan fingerprint density at radius 2 is 2.25 bits per heavy atom. The van der Waals surface area contributed by atoms with Gasteiger partial charge in [0, 0.05) is 4.47 Å². The Bertz CT molecular complexity index is 275. The monoisotopic (exact) mass is 232 g/mol. The number of aryl methyl sites for hydroxylation is 1. The molecule has 0 spiro atoms. The van der Waals surface area contributed by atoms with Crippen molar-refractivity contribution in [3.8, 4) is 0 Å². The molecule has 1 atom stereocenters. The van der Waals surface area contributed by atoms with Crippen LogP contribution in [0.15, 0.2) is 22.7 Å². The summed E-state index contributed by atoms with van der Waals surface area (Å²) >= 11 is 3.31. The quantitative estimate of drug-likeness (QED) is 0.832. The molecule has 0 aliphatic heterocycles. The van der Waals surface area contributed by atoms with Crippen LogP contribution in [0.25, 0.3) is 0 Å². The number of benzene rings is 1. The number of aliphatic hydroxyl groups is 1. The van der Waals surface area contributed by atoms with Gasteiger partial charge in [-0.15, -0.1) is 0 Å². The fourth-order valence-corrected chi connectivity index (χ4v) is 1.30. The van der Waals surface area contributed by atoms with Crippen molar-refractivity contribution in [1.29, 1.82) is 0 Å². The Morgan fingerprint density at radius 1 is 1.58 bits per heavy atom. The Morgan fingerprint density at radius 3 is 2.75 bits per heavy atom. The Labute approximate surface area is 79.4 Å². The summed E-state index contributed by atoms with van der Waals surface area (Å²) in [6.45, 7) is 1.20. The van der Waals surface area contributed by atoms with Crippen LogP contribution < -0.4 is 0 Å². The van der Waals surface area contributed by atoms with E-state index in [0.717, 1.165) is 10.0 Å². The summed E-state index contributed by atoms with van der Waals surface area (Å²) in [7, 11) is 0. The van der Waals surface area contributed by atoms with Crippen molar-refractivity contribution < 1.29 is 9.50 Å². The number of rotatable bonds is 2. The van der Waals surface area contributed by atoms with E-state index in [-0.39, 0.29) is 0 Å². The van der Waals surface area contributed by atoms with Gasteiger partial charge in [0.05, 0.1) is 0 Å². The van der Waals surface area contributed by atoms with Crippen molar-refractivity contribution in [3.63, 3.8) is 0 Å². The predicted molar refractivity (Wildman–Crippen MR) is 49.8 cm³/mol. The lowest BCUT2D eigenvalue weighted by molar-refractivity contribution is 0.141. The molecule has 1 aromatic carbocycles. The molecule has 0 radical (unpaired) electrons. The summed E-state index contributed by atoms with van der Waals surface area (Å²) in [5.74, 6) is 0. The summed E-state index contributed by atoms with van der Waals surface area (Å²) in [5, 5.41) is 9.15. The molecule has 1 N–H and O–H groups in total. The van der Waals surface area contributed by atoms with Crippen LogP contribution in [0.5, 0.6) is 0 Å². The van der Waals surface area contributed by atoms with Crippen LogP contribution in [-0.2, 0) is 0 Å². The normalized spacial score (nSPS) is 13.0. The van der Waals surface area contributed by atoms with Crippen molar-refractivity contribution in [3.05, 3.63) is 33.8 Å². The number of alkyl halides is 1. The molecular weight excluding hydrogens is 223 g/mol. The molecule has 0 bridgehead atoms. The lowest BCUT2D eigenvalue weighted by Gasteiger charge is -2.07. The lowest BCUT2D eigenvalue weighted by atomic mass is 10.1. The van der Waals surface area contributed by atoms with Gasteiger partial charge in [-0.25, -0.2) is 4.39 Å². The first kappa shape index (κ1) is 9.68. The van der Waals surface area contributed by atoms with Gasteiger partial charge < -0.3 is 5.11 Å². The lowest BCUT2D eigenvalue weighted by Crippen LogP contribution is -1.99. The van der Waals surface area contributed by atoms with Gasteiger partial charge in [0.25, 0.3) is 0 Å². The molecular formula is C9H10BrFO. The minimum absolute atomic E-state index is 0.606. The van der Waals surface area contributed by atoms with E-state index in [9.17, 15) is 4.39 Å². The topological polar surface area (TPSA) is 20.2 Å². The largest absolute Gasteiger partial charge is 0.386 e. The third-order valence-electron chi connectivity index (χ3n) is 1.73. The third kappa shape index (κ3) is 2.05. The molecule has 12 heavy (non-hydrogen) atoms. The molecule has 0 aliphatic carbocycles. The summed E-state index contributed by atoms with van der Waals surface area (Å²) in [6, 6.07) is 5.31. The van der Waals surface area contributed by atoms with Crippen molar-refractivity contribution in [2.24, 2.45) is 0 Å². The Kier molecular flexibility index (Phi) is 3.23. The highest BCUT2D eigenvalue weighted by molar-refractivity contribution is 9.10. The highest BCUT2D eigenvalue weighted by Gasteiger charge is 2.07. The first-order chi connectivity index (χ1) is 5.65. The van der Waals surface area contributed by atoms with E-state index in [1.165, 1.54) is 0 Å². The first-order valence-electron chi connectivity index (χ1n) is 3.65. The molecule has 0 saturated heterocycles. The standard InChI is InChI=1S/C9H10BrFO/c1-6-2-3-7(4-8(6)10)9(12)5-11/h2-4,9,12H,5H2,1H3. The molecule has 0 amide bonds. The zero-order valence-corrected chi connectivity index (χ0v) is 8.31. The van der Waals surface area contributed by atoms with E-state index in [2.05, 4.69) is 15.9 Å². The molecule has 3 heteroatoms. The number of hydrogen-bond donors (Lipinski definition) is 1. The second-order valence-corrected chi connectivity index (χ2v) is 3.53. The Balaban J connectivity index is 2.96. The minimum atomic E-state index is -0.998. The molecule has 0 fully saturated rings. The second kappa shape index (κ2) is 4.01. The molecule has 0 saturated carbocycles. The van der Waals surface area contributed by atoms with Gasteiger partial charge in [0.2, 0.25) is 0 Å². The molecule has 1 unspecified atom stereocenters. The van der Waals surface area contributed by atoms with E-state index in [0.29, 0.717) is 5.56 Å². The van der Waals surface area contributed by atoms with E-state index in [1.807, 2.05) is 13.0 Å². The molecule has 1 aromatic rings. The van der Waals surface area contributed by atoms with Gasteiger partial charge >= 0.3 is 0 Å². The second-order valence-electron chi connectivity index (χ2n) is 2.68. The fourth-order valence-electron chi connectivity index (χ4n) is 0.905. The van der Waals surface area contributed by atoms with Crippen LogP contribution in [0.2, 0.25) is 0 Å². The zero-order chi connectivity index (χ0) is 9.14. The molecule has 0 aromatic heterocycles. The zero-order valence-electron chi connectivity index (χ0n) is 6.72. The highest BCUT2D eigenvalue weighted by Crippen LogP contribution is 2.21. The van der Waals surface area contributed by atoms with E-state index in [1.54, 1.807) is 12.1 Å². The molecule has 0 aliphatic rings. The summed E-state index contributed by atoms with van der Waals surface area (Å²) < 4.78 is 12.9. The van der Waals surface area contributed by atoms with Crippen LogP contribution in [0.3, 0.4) is 0 Å². The van der Waals surface area contributed by atoms with E-state index >= 15 is 0 Å². The number of aliphatic hydroxyl groups excluding tert-OH is 1. The van der Waals surface area contributed by atoms with Gasteiger partial charge in [-0.05, 0) is 24.1 Å². The maximum Gasteiger partial charge on any atom is 0.119 e. The maximum atomic E-state index is 12.0. The van der Waals surface area contributed by atoms with Crippen molar-refractivity contribution in [2.45, 2.75) is 13.0 Å². The van der Waals surface area contributed by atoms with Crippen molar-refractivity contribution in [2.75, 3.05) is 6.67 Å². The summed E-state index contributed by atoms with van der Waals surface area (Å²) in [4.78, 5) is 0. The SMILES string of the molecule is Cc1ccc(C(O)CF)cc1Br. The van der Waals surface area contributed by atoms with Gasteiger partial charge in [0.1, 0.15) is 12.8 Å². The van der Waals surface area contributed by atoms with Crippen LogP contribution in [0.1, 0.15) is 17.2 Å². The van der Waals surface area contributed by atoms with E-state index in [4.69, 9.17) is 5.11 Å². The summed E-state index contributed by atoms with van der Waals surface area (Å²) in [6.07, 6.45) is -0.998. The van der Waals surface area contributed by atoms with Crippen LogP contribution in [0.4, 0.5) is 4.39 Å². The number of hydrogen-bond acceptors (Lipinski definition) is 1. The first-order valence-corrected chi connectivity index (χ1v) is 4.44. The summed E-state index contributed by atoms with van der Waals surface area (Å²) in [5.41, 5.74) is 1.68. The molecule has 66 valence electrons. The van der Waals surface area contributed by atoms with Gasteiger partial charge in [0.15, 0.2) is 0 Å². The van der Waals surface area contributed by atoms with Gasteiger partial charge in [-0.1, -0.05) is 28.1 Å². The van der Waals surface area contributed by atoms with E-state index < -0.39 is 12.8 Å².